The Hall–Kier alpha value is -3.00. The van der Waals surface area contributed by atoms with Crippen molar-refractivity contribution in [2.45, 2.75) is 6.54 Å². The summed E-state index contributed by atoms with van der Waals surface area (Å²) in [5.74, 6) is -0.0945. The molecular weight excluding hydrogens is 350 g/mol. The number of carbonyl (C=O) groups excluding carboxylic acids is 2. The van der Waals surface area contributed by atoms with Crippen molar-refractivity contribution in [3.8, 4) is 0 Å². The highest BCUT2D eigenvalue weighted by Crippen LogP contribution is 2.20. The van der Waals surface area contributed by atoms with Crippen LogP contribution in [0.25, 0.3) is 11.0 Å². The molecule has 0 radical (unpaired) electrons. The topological polar surface area (TPSA) is 78.4 Å². The summed E-state index contributed by atoms with van der Waals surface area (Å²) in [7, 11) is 1.76. The average Bonchev–Trinajstić information content (AvgIpc) is 3.29. The minimum Gasteiger partial charge on any atom is -0.337 e. The number of benzene rings is 2. The number of nitrogens with one attached hydrogen (secondary N) is 1. The van der Waals surface area contributed by atoms with E-state index in [2.05, 4.69) is 14.1 Å². The standard InChI is InChI=1S/C18H17N5O2S/c1-22(11-12-5-6-15-16(9-12)21-26-20-15)17(24)13-3-2-4-14(10-13)23-8-7-19-18(23)25/h2-6,9-10H,7-8,11H2,1H3,(H,19,25). The van der Waals surface area contributed by atoms with Crippen LogP contribution in [0.5, 0.6) is 0 Å². The van der Waals surface area contributed by atoms with Gasteiger partial charge in [-0.3, -0.25) is 9.69 Å². The summed E-state index contributed by atoms with van der Waals surface area (Å²) in [6.45, 7) is 1.69. The minimum absolute atomic E-state index is 0.0945. The molecule has 26 heavy (non-hydrogen) atoms. The van der Waals surface area contributed by atoms with E-state index in [9.17, 15) is 9.59 Å². The molecule has 0 unspecified atom stereocenters. The van der Waals surface area contributed by atoms with E-state index in [1.807, 2.05) is 24.3 Å². The van der Waals surface area contributed by atoms with Crippen molar-refractivity contribution < 1.29 is 9.59 Å². The Bertz CT molecular complexity index is 986. The Balaban J connectivity index is 1.52. The van der Waals surface area contributed by atoms with Gasteiger partial charge < -0.3 is 10.2 Å². The van der Waals surface area contributed by atoms with Crippen molar-refractivity contribution in [2.24, 2.45) is 0 Å². The lowest BCUT2D eigenvalue weighted by Gasteiger charge is -2.19. The van der Waals surface area contributed by atoms with E-state index in [1.165, 1.54) is 11.7 Å². The summed E-state index contributed by atoms with van der Waals surface area (Å²) in [6, 6.07) is 12.9. The lowest BCUT2D eigenvalue weighted by atomic mass is 10.1. The fraction of sp³-hybridized carbons (Fsp3) is 0.222. The molecule has 8 heteroatoms. The smallest absolute Gasteiger partial charge is 0.321 e. The molecule has 1 aliphatic rings. The van der Waals surface area contributed by atoms with Gasteiger partial charge in [-0.05, 0) is 35.9 Å². The zero-order chi connectivity index (χ0) is 18.1. The first-order chi connectivity index (χ1) is 12.6. The van der Waals surface area contributed by atoms with Crippen LogP contribution in [0, 0.1) is 0 Å². The average molecular weight is 367 g/mol. The third-order valence-corrected chi connectivity index (χ3v) is 4.90. The summed E-state index contributed by atoms with van der Waals surface area (Å²) >= 11 is 1.18. The van der Waals surface area contributed by atoms with Crippen LogP contribution in [0.2, 0.25) is 0 Å². The summed E-state index contributed by atoms with van der Waals surface area (Å²) in [5, 5.41) is 2.77. The Morgan fingerprint density at radius 3 is 2.88 bits per heavy atom. The quantitative estimate of drug-likeness (QED) is 0.768. The van der Waals surface area contributed by atoms with Gasteiger partial charge in [-0.15, -0.1) is 0 Å². The lowest BCUT2D eigenvalue weighted by Crippen LogP contribution is -2.29. The molecule has 1 N–H and O–H groups in total. The predicted octanol–water partition coefficient (Wildman–Crippen LogP) is 2.49. The van der Waals surface area contributed by atoms with E-state index in [0.29, 0.717) is 25.2 Å². The Labute approximate surface area is 154 Å². The largest absolute Gasteiger partial charge is 0.337 e. The summed E-state index contributed by atoms with van der Waals surface area (Å²) in [6.07, 6.45) is 0. The van der Waals surface area contributed by atoms with E-state index in [-0.39, 0.29) is 11.9 Å². The summed E-state index contributed by atoms with van der Waals surface area (Å²) < 4.78 is 8.42. The molecule has 0 aliphatic carbocycles. The molecule has 1 aliphatic heterocycles. The monoisotopic (exact) mass is 367 g/mol. The first kappa shape index (κ1) is 16.5. The van der Waals surface area contributed by atoms with Gasteiger partial charge >= 0.3 is 6.03 Å². The van der Waals surface area contributed by atoms with Gasteiger partial charge in [0.25, 0.3) is 5.91 Å². The van der Waals surface area contributed by atoms with Crippen LogP contribution in [0.4, 0.5) is 10.5 Å². The second-order valence-electron chi connectivity index (χ2n) is 6.18. The first-order valence-corrected chi connectivity index (χ1v) is 8.97. The van der Waals surface area contributed by atoms with Crippen LogP contribution in [0.15, 0.2) is 42.5 Å². The van der Waals surface area contributed by atoms with Crippen molar-refractivity contribution in [1.29, 1.82) is 0 Å². The fourth-order valence-electron chi connectivity index (χ4n) is 3.02. The maximum Gasteiger partial charge on any atom is 0.321 e. The molecule has 7 nitrogen and oxygen atoms in total. The molecule has 132 valence electrons. The molecule has 4 rings (SSSR count). The summed E-state index contributed by atoms with van der Waals surface area (Å²) in [4.78, 5) is 27.9. The third kappa shape index (κ3) is 3.11. The van der Waals surface area contributed by atoms with Crippen molar-refractivity contribution in [3.05, 3.63) is 53.6 Å². The second kappa shape index (κ2) is 6.72. The van der Waals surface area contributed by atoms with Crippen molar-refractivity contribution in [2.75, 3.05) is 25.0 Å². The van der Waals surface area contributed by atoms with Gasteiger partial charge in [0.1, 0.15) is 11.0 Å². The highest BCUT2D eigenvalue weighted by molar-refractivity contribution is 7.00. The number of carbonyl (C=O) groups is 2. The highest BCUT2D eigenvalue weighted by atomic mass is 32.1. The molecule has 2 aromatic carbocycles. The molecule has 3 aromatic rings. The number of aromatic nitrogens is 2. The second-order valence-corrected chi connectivity index (χ2v) is 6.71. The number of urea groups is 1. The molecule has 3 amide bonds. The van der Waals surface area contributed by atoms with Crippen molar-refractivity contribution >= 4 is 40.4 Å². The zero-order valence-electron chi connectivity index (χ0n) is 14.2. The van der Waals surface area contributed by atoms with E-state index in [0.717, 1.165) is 22.3 Å². The van der Waals surface area contributed by atoms with E-state index in [4.69, 9.17) is 0 Å². The normalized spacial score (nSPS) is 13.9. The Kier molecular flexibility index (Phi) is 4.26. The van der Waals surface area contributed by atoms with Crippen LogP contribution in [-0.2, 0) is 6.54 Å². The van der Waals surface area contributed by atoms with Crippen LogP contribution in [0.1, 0.15) is 15.9 Å². The fourth-order valence-corrected chi connectivity index (χ4v) is 3.53. The van der Waals surface area contributed by atoms with Crippen LogP contribution in [-0.4, -0.2) is 45.7 Å². The molecule has 1 saturated heterocycles. The number of anilines is 1. The zero-order valence-corrected chi connectivity index (χ0v) is 15.0. The van der Waals surface area contributed by atoms with E-state index >= 15 is 0 Å². The van der Waals surface area contributed by atoms with Gasteiger partial charge in [0, 0.05) is 37.9 Å². The molecule has 2 heterocycles. The van der Waals surface area contributed by atoms with Gasteiger partial charge in [0.2, 0.25) is 0 Å². The lowest BCUT2D eigenvalue weighted by molar-refractivity contribution is 0.0785. The Morgan fingerprint density at radius 1 is 1.23 bits per heavy atom. The molecular formula is C18H17N5O2S. The molecule has 0 atom stereocenters. The molecule has 0 spiro atoms. The molecule has 1 aromatic heterocycles. The molecule has 0 bridgehead atoms. The van der Waals surface area contributed by atoms with Gasteiger partial charge in [0.05, 0.1) is 11.7 Å². The first-order valence-electron chi connectivity index (χ1n) is 8.24. The third-order valence-electron chi connectivity index (χ3n) is 4.35. The molecule has 0 saturated carbocycles. The van der Waals surface area contributed by atoms with Crippen LogP contribution in [0.3, 0.4) is 0 Å². The number of hydrogen-bond acceptors (Lipinski definition) is 5. The van der Waals surface area contributed by atoms with Gasteiger partial charge in [0.15, 0.2) is 0 Å². The maximum atomic E-state index is 12.8. The van der Waals surface area contributed by atoms with E-state index in [1.54, 1.807) is 35.0 Å². The number of hydrogen-bond donors (Lipinski definition) is 1. The minimum atomic E-state index is -0.131. The van der Waals surface area contributed by atoms with Crippen LogP contribution < -0.4 is 10.2 Å². The van der Waals surface area contributed by atoms with E-state index < -0.39 is 0 Å². The number of amides is 3. The van der Waals surface area contributed by atoms with Gasteiger partial charge in [-0.1, -0.05) is 12.1 Å². The van der Waals surface area contributed by atoms with Crippen molar-refractivity contribution in [1.82, 2.24) is 19.0 Å². The van der Waals surface area contributed by atoms with Gasteiger partial charge in [-0.2, -0.15) is 8.75 Å². The highest BCUT2D eigenvalue weighted by Gasteiger charge is 2.22. The Morgan fingerprint density at radius 2 is 2.08 bits per heavy atom. The SMILES string of the molecule is CN(Cc1ccc2nsnc2c1)C(=O)c1cccc(N2CCNC2=O)c1. The maximum absolute atomic E-state index is 12.8. The number of nitrogens with zero attached hydrogens (tertiary/aromatic N) is 4. The van der Waals surface area contributed by atoms with Crippen molar-refractivity contribution in [3.63, 3.8) is 0 Å². The summed E-state index contributed by atoms with van der Waals surface area (Å²) in [5.41, 5.74) is 3.99. The number of fused-ring (bicyclic) bond motifs is 1. The number of rotatable bonds is 4. The van der Waals surface area contributed by atoms with Crippen LogP contribution >= 0.6 is 11.7 Å². The van der Waals surface area contributed by atoms with Gasteiger partial charge in [-0.25, -0.2) is 4.79 Å². The molecule has 1 fully saturated rings. The predicted molar refractivity (Wildman–Crippen MR) is 100 cm³/mol.